The van der Waals surface area contributed by atoms with Crippen LogP contribution in [0.25, 0.3) is 11.1 Å². The first-order valence-electron chi connectivity index (χ1n) is 10.1. The molecule has 30 heavy (non-hydrogen) atoms. The van der Waals surface area contributed by atoms with Crippen molar-refractivity contribution < 1.29 is 19.4 Å². The Morgan fingerprint density at radius 2 is 1.77 bits per heavy atom. The lowest BCUT2D eigenvalue weighted by Gasteiger charge is -2.09. The number of nitrogens with zero attached hydrogens (tertiary/aromatic N) is 2. The van der Waals surface area contributed by atoms with Crippen molar-refractivity contribution in [3.05, 3.63) is 71.0 Å². The third-order valence-corrected chi connectivity index (χ3v) is 4.95. The number of aryl methyl sites for hydroxylation is 1. The van der Waals surface area contributed by atoms with Crippen molar-refractivity contribution >= 4 is 11.9 Å². The molecule has 0 fully saturated rings. The molecule has 6 nitrogen and oxygen atoms in total. The number of carbonyl (C=O) groups is 2. The lowest BCUT2D eigenvalue weighted by atomic mass is 10.00. The Hall–Kier alpha value is -3.41. The summed E-state index contributed by atoms with van der Waals surface area (Å²) in [5.74, 6) is -0.924. The molecule has 0 radical (unpaired) electrons. The van der Waals surface area contributed by atoms with Crippen molar-refractivity contribution in [1.29, 1.82) is 0 Å². The van der Waals surface area contributed by atoms with Crippen LogP contribution in [-0.2, 0) is 6.54 Å². The Bertz CT molecular complexity index is 1070. The zero-order chi connectivity index (χ0) is 21.8. The minimum absolute atomic E-state index is 0.0965. The Morgan fingerprint density at radius 1 is 1.10 bits per heavy atom. The van der Waals surface area contributed by atoms with Crippen molar-refractivity contribution in [3.8, 4) is 16.9 Å². The van der Waals surface area contributed by atoms with Crippen LogP contribution in [0.2, 0.25) is 0 Å². The highest BCUT2D eigenvalue weighted by molar-refractivity contribution is 5.96. The fraction of sp³-hybridized carbons (Fsp3) is 0.292. The van der Waals surface area contributed by atoms with Crippen LogP contribution in [0, 0.1) is 6.92 Å². The van der Waals surface area contributed by atoms with Gasteiger partial charge in [-0.3, -0.25) is 4.68 Å². The second kappa shape index (κ2) is 8.95. The largest absolute Gasteiger partial charge is 0.478 e. The summed E-state index contributed by atoms with van der Waals surface area (Å²) in [5, 5.41) is 14.0. The van der Waals surface area contributed by atoms with Gasteiger partial charge < -0.3 is 9.84 Å². The first-order chi connectivity index (χ1) is 14.3. The van der Waals surface area contributed by atoms with Gasteiger partial charge >= 0.3 is 11.9 Å². The highest BCUT2D eigenvalue weighted by atomic mass is 16.5. The van der Waals surface area contributed by atoms with Crippen molar-refractivity contribution in [2.75, 3.05) is 0 Å². The van der Waals surface area contributed by atoms with E-state index < -0.39 is 11.9 Å². The molecule has 0 aliphatic heterocycles. The van der Waals surface area contributed by atoms with Crippen molar-refractivity contribution in [2.24, 2.45) is 0 Å². The number of carboxylic acids is 1. The fourth-order valence-electron chi connectivity index (χ4n) is 3.44. The maximum atomic E-state index is 12.9. The molecular weight excluding hydrogens is 380 g/mol. The lowest BCUT2D eigenvalue weighted by molar-refractivity contribution is 0.0695. The van der Waals surface area contributed by atoms with E-state index in [1.165, 1.54) is 0 Å². The number of hydrogen-bond acceptors (Lipinski definition) is 4. The van der Waals surface area contributed by atoms with Gasteiger partial charge in [0.1, 0.15) is 11.3 Å². The van der Waals surface area contributed by atoms with Crippen LogP contribution in [0.5, 0.6) is 5.75 Å². The summed E-state index contributed by atoms with van der Waals surface area (Å²) in [6, 6.07) is 13.7. The van der Waals surface area contributed by atoms with Crippen molar-refractivity contribution in [3.63, 3.8) is 0 Å². The minimum Gasteiger partial charge on any atom is -0.478 e. The van der Waals surface area contributed by atoms with E-state index in [-0.39, 0.29) is 11.5 Å². The Kier molecular flexibility index (Phi) is 6.35. The van der Waals surface area contributed by atoms with E-state index in [1.807, 2.05) is 25.5 Å². The zero-order valence-corrected chi connectivity index (χ0v) is 17.7. The first-order valence-corrected chi connectivity index (χ1v) is 10.1. The van der Waals surface area contributed by atoms with Gasteiger partial charge in [-0.15, -0.1) is 0 Å². The predicted octanol–water partition coefficient (Wildman–Crippen LogP) is 5.31. The molecule has 0 aliphatic rings. The average Bonchev–Trinajstić information content (AvgIpc) is 3.05. The van der Waals surface area contributed by atoms with E-state index in [1.54, 1.807) is 48.5 Å². The molecule has 1 N–H and O–H groups in total. The number of carboxylic acid groups (broad SMARTS) is 1. The van der Waals surface area contributed by atoms with Gasteiger partial charge in [0, 0.05) is 6.54 Å². The van der Waals surface area contributed by atoms with E-state index in [2.05, 4.69) is 12.0 Å². The summed E-state index contributed by atoms with van der Waals surface area (Å²) in [6.45, 7) is 8.71. The summed E-state index contributed by atoms with van der Waals surface area (Å²) >= 11 is 0. The van der Waals surface area contributed by atoms with E-state index in [9.17, 15) is 14.7 Å². The third kappa shape index (κ3) is 4.27. The van der Waals surface area contributed by atoms with Crippen LogP contribution >= 0.6 is 0 Å². The van der Waals surface area contributed by atoms with Gasteiger partial charge in [0.25, 0.3) is 0 Å². The molecule has 0 atom stereocenters. The Balaban J connectivity index is 1.87. The number of carbonyl (C=O) groups excluding carboxylic acids is 1. The monoisotopic (exact) mass is 406 g/mol. The second-order valence-corrected chi connectivity index (χ2v) is 7.49. The van der Waals surface area contributed by atoms with E-state index in [0.717, 1.165) is 29.9 Å². The number of aromatic carboxylic acids is 1. The zero-order valence-electron chi connectivity index (χ0n) is 17.7. The molecular formula is C24H26N2O4. The quantitative estimate of drug-likeness (QED) is 0.425. The summed E-state index contributed by atoms with van der Waals surface area (Å²) < 4.78 is 7.48. The molecule has 3 aromatic rings. The average molecular weight is 406 g/mol. The van der Waals surface area contributed by atoms with Gasteiger partial charge in [0.2, 0.25) is 0 Å². The molecule has 0 saturated heterocycles. The topological polar surface area (TPSA) is 81.4 Å². The molecule has 6 heteroatoms. The van der Waals surface area contributed by atoms with Crippen LogP contribution in [-0.4, -0.2) is 26.8 Å². The van der Waals surface area contributed by atoms with Crippen LogP contribution in [0.1, 0.15) is 65.2 Å². The van der Waals surface area contributed by atoms with Gasteiger partial charge in [0.05, 0.1) is 17.0 Å². The van der Waals surface area contributed by atoms with Crippen LogP contribution in [0.15, 0.2) is 48.5 Å². The van der Waals surface area contributed by atoms with Gasteiger partial charge in [-0.1, -0.05) is 51.1 Å². The van der Waals surface area contributed by atoms with Crippen molar-refractivity contribution in [1.82, 2.24) is 9.78 Å². The molecule has 1 heterocycles. The van der Waals surface area contributed by atoms with Gasteiger partial charge in [0.15, 0.2) is 0 Å². The van der Waals surface area contributed by atoms with Crippen LogP contribution in [0.4, 0.5) is 0 Å². The number of esters is 1. The molecule has 0 aliphatic carbocycles. The number of rotatable bonds is 7. The maximum absolute atomic E-state index is 12.9. The van der Waals surface area contributed by atoms with E-state index in [4.69, 9.17) is 4.74 Å². The highest BCUT2D eigenvalue weighted by Gasteiger charge is 2.24. The smallest absolute Gasteiger partial charge is 0.347 e. The SMILES string of the molecule is CCCn1nc(C(C)C)c(C(=O)Oc2ccc(-c3ccccc3C(=O)O)cc2)c1C. The normalized spacial score (nSPS) is 11.0. The molecule has 2 aromatic carbocycles. The van der Waals surface area contributed by atoms with E-state index >= 15 is 0 Å². The molecule has 0 amide bonds. The third-order valence-electron chi connectivity index (χ3n) is 4.95. The molecule has 0 bridgehead atoms. The van der Waals surface area contributed by atoms with Crippen LogP contribution in [0.3, 0.4) is 0 Å². The molecule has 1 aromatic heterocycles. The lowest BCUT2D eigenvalue weighted by Crippen LogP contribution is -2.12. The summed E-state index contributed by atoms with van der Waals surface area (Å²) in [6.07, 6.45) is 0.924. The second-order valence-electron chi connectivity index (χ2n) is 7.49. The fourth-order valence-corrected chi connectivity index (χ4v) is 3.44. The summed E-state index contributed by atoms with van der Waals surface area (Å²) in [4.78, 5) is 24.4. The van der Waals surface area contributed by atoms with Gasteiger partial charge in [-0.25, -0.2) is 9.59 Å². The van der Waals surface area contributed by atoms with Gasteiger partial charge in [-0.05, 0) is 48.6 Å². The molecule has 0 saturated carbocycles. The standard InChI is InChI=1S/C24H26N2O4/c1-5-14-26-16(4)21(22(25-26)15(2)3)24(29)30-18-12-10-17(11-13-18)19-8-6-7-9-20(19)23(27)28/h6-13,15H,5,14H2,1-4H3,(H,27,28). The highest BCUT2D eigenvalue weighted by Crippen LogP contribution is 2.28. The number of hydrogen-bond donors (Lipinski definition) is 1. The van der Waals surface area contributed by atoms with Crippen LogP contribution < -0.4 is 4.74 Å². The molecule has 0 spiro atoms. The molecule has 156 valence electrons. The minimum atomic E-state index is -0.984. The number of benzene rings is 2. The van der Waals surface area contributed by atoms with Gasteiger partial charge in [-0.2, -0.15) is 5.10 Å². The number of aromatic nitrogens is 2. The molecule has 3 rings (SSSR count). The first kappa shape index (κ1) is 21.3. The van der Waals surface area contributed by atoms with Crippen molar-refractivity contribution in [2.45, 2.75) is 46.6 Å². The Morgan fingerprint density at radius 3 is 2.37 bits per heavy atom. The van der Waals surface area contributed by atoms with E-state index in [0.29, 0.717) is 16.9 Å². The summed E-state index contributed by atoms with van der Waals surface area (Å²) in [7, 11) is 0. The Labute approximate surface area is 176 Å². The molecule has 0 unspecified atom stereocenters. The predicted molar refractivity (Wildman–Crippen MR) is 115 cm³/mol. The number of ether oxygens (including phenoxy) is 1. The maximum Gasteiger partial charge on any atom is 0.347 e. The summed E-state index contributed by atoms with van der Waals surface area (Å²) in [5.41, 5.74) is 3.63.